The number of hydrogen-bond acceptors (Lipinski definition) is 5. The molecule has 6 nitrogen and oxygen atoms in total. The van der Waals surface area contributed by atoms with Gasteiger partial charge in [-0.2, -0.15) is 0 Å². The molecule has 7 heteroatoms. The normalized spacial score (nSPS) is 14.0. The van der Waals surface area contributed by atoms with Crippen LogP contribution in [-0.4, -0.2) is 47.0 Å². The molecule has 1 saturated heterocycles. The summed E-state index contributed by atoms with van der Waals surface area (Å²) in [6.07, 6.45) is 3.43. The summed E-state index contributed by atoms with van der Waals surface area (Å²) in [5.41, 5.74) is 3.18. The Labute approximate surface area is 169 Å². The van der Waals surface area contributed by atoms with E-state index in [1.807, 2.05) is 29.2 Å². The Hall–Kier alpha value is -3.48. The van der Waals surface area contributed by atoms with Crippen LogP contribution in [0, 0.1) is 5.82 Å². The van der Waals surface area contributed by atoms with Gasteiger partial charge in [-0.3, -0.25) is 9.78 Å². The first-order valence-electron chi connectivity index (χ1n) is 9.59. The Kier molecular flexibility index (Phi) is 5.65. The number of rotatable bonds is 5. The summed E-state index contributed by atoms with van der Waals surface area (Å²) in [6, 6.07) is 15.8. The van der Waals surface area contributed by atoms with Crippen LogP contribution in [-0.2, 0) is 6.54 Å². The first kappa shape index (κ1) is 18.9. The summed E-state index contributed by atoms with van der Waals surface area (Å²) in [7, 11) is 0. The number of benzene rings is 1. The van der Waals surface area contributed by atoms with Crippen LogP contribution in [0.5, 0.6) is 0 Å². The molecule has 0 bridgehead atoms. The molecule has 0 radical (unpaired) electrons. The number of amides is 1. The molecule has 1 N–H and O–H groups in total. The molecule has 0 aliphatic carbocycles. The summed E-state index contributed by atoms with van der Waals surface area (Å²) in [6.45, 7) is 3.23. The van der Waals surface area contributed by atoms with Gasteiger partial charge >= 0.3 is 0 Å². The van der Waals surface area contributed by atoms with Crippen LogP contribution in [0.2, 0.25) is 0 Å². The van der Waals surface area contributed by atoms with E-state index in [2.05, 4.69) is 20.2 Å². The molecule has 1 aliphatic rings. The number of hydrogen-bond donors (Lipinski definition) is 1. The zero-order valence-corrected chi connectivity index (χ0v) is 16.0. The molecule has 1 amide bonds. The van der Waals surface area contributed by atoms with Gasteiger partial charge < -0.3 is 15.1 Å². The highest BCUT2D eigenvalue weighted by atomic mass is 19.1. The minimum absolute atomic E-state index is 0.0694. The largest absolute Gasteiger partial charge is 0.378 e. The van der Waals surface area contributed by atoms with Crippen LogP contribution in [0.3, 0.4) is 0 Å². The highest BCUT2D eigenvalue weighted by Crippen LogP contribution is 2.18. The molecule has 3 aromatic rings. The van der Waals surface area contributed by atoms with Crippen molar-refractivity contribution in [3.05, 3.63) is 84.2 Å². The Morgan fingerprint density at radius 1 is 0.966 bits per heavy atom. The van der Waals surface area contributed by atoms with Gasteiger partial charge in [-0.25, -0.2) is 9.37 Å². The van der Waals surface area contributed by atoms with E-state index in [0.717, 1.165) is 17.1 Å². The van der Waals surface area contributed by atoms with Gasteiger partial charge in [0.15, 0.2) is 0 Å². The average Bonchev–Trinajstić information content (AvgIpc) is 2.79. The van der Waals surface area contributed by atoms with Crippen LogP contribution >= 0.6 is 0 Å². The van der Waals surface area contributed by atoms with E-state index in [4.69, 9.17) is 0 Å². The summed E-state index contributed by atoms with van der Waals surface area (Å²) in [5.74, 6) is -0.313. The number of pyridine rings is 2. The van der Waals surface area contributed by atoms with Crippen molar-refractivity contribution in [2.24, 2.45) is 0 Å². The first-order valence-corrected chi connectivity index (χ1v) is 9.59. The molecule has 1 fully saturated rings. The second-order valence-corrected chi connectivity index (χ2v) is 6.86. The summed E-state index contributed by atoms with van der Waals surface area (Å²) in [4.78, 5) is 25.3. The Morgan fingerprint density at radius 2 is 1.76 bits per heavy atom. The molecule has 1 aliphatic heterocycles. The number of halogens is 1. The van der Waals surface area contributed by atoms with Crippen LogP contribution in [0.15, 0.2) is 67.0 Å². The maximum absolute atomic E-state index is 13.1. The molecule has 2 aromatic heterocycles. The average molecular weight is 391 g/mol. The smallest absolute Gasteiger partial charge is 0.272 e. The lowest BCUT2D eigenvalue weighted by molar-refractivity contribution is 0.0741. The zero-order valence-electron chi connectivity index (χ0n) is 16.0. The highest BCUT2D eigenvalue weighted by molar-refractivity contribution is 5.92. The van der Waals surface area contributed by atoms with Gasteiger partial charge in [-0.15, -0.1) is 0 Å². The second kappa shape index (κ2) is 8.68. The predicted molar refractivity (Wildman–Crippen MR) is 110 cm³/mol. The number of piperazine rings is 1. The molecule has 29 heavy (non-hydrogen) atoms. The summed E-state index contributed by atoms with van der Waals surface area (Å²) < 4.78 is 13.1. The zero-order chi connectivity index (χ0) is 20.1. The summed E-state index contributed by atoms with van der Waals surface area (Å²) in [5, 5.41) is 3.25. The van der Waals surface area contributed by atoms with Crippen LogP contribution in [0.4, 0.5) is 15.8 Å². The Balaban J connectivity index is 1.31. The van der Waals surface area contributed by atoms with E-state index in [0.29, 0.717) is 38.4 Å². The first-order chi connectivity index (χ1) is 14.2. The van der Waals surface area contributed by atoms with E-state index >= 15 is 0 Å². The van der Waals surface area contributed by atoms with Crippen molar-refractivity contribution in [2.75, 3.05) is 36.4 Å². The number of aromatic nitrogens is 2. The van der Waals surface area contributed by atoms with Crippen molar-refractivity contribution in [1.82, 2.24) is 14.9 Å². The predicted octanol–water partition coefficient (Wildman–Crippen LogP) is 3.19. The molecule has 3 heterocycles. The van der Waals surface area contributed by atoms with Crippen molar-refractivity contribution in [3.8, 4) is 0 Å². The molecule has 0 saturated carbocycles. The van der Waals surface area contributed by atoms with Crippen molar-refractivity contribution >= 4 is 17.3 Å². The second-order valence-electron chi connectivity index (χ2n) is 6.86. The van der Waals surface area contributed by atoms with Gasteiger partial charge in [0.1, 0.15) is 11.5 Å². The standard InChI is InChI=1S/C22H22FN5O/c23-17-4-7-20(8-5-17)27-11-13-28(14-12-27)22(29)21-9-6-19(16-26-21)25-15-18-3-1-2-10-24-18/h1-10,16,25H,11-15H2. The van der Waals surface area contributed by atoms with E-state index in [9.17, 15) is 9.18 Å². The third-order valence-corrected chi connectivity index (χ3v) is 4.94. The topological polar surface area (TPSA) is 61.4 Å². The fourth-order valence-electron chi connectivity index (χ4n) is 3.30. The fourth-order valence-corrected chi connectivity index (χ4v) is 3.30. The number of anilines is 2. The number of nitrogens with zero attached hydrogens (tertiary/aromatic N) is 4. The summed E-state index contributed by atoms with van der Waals surface area (Å²) >= 11 is 0. The van der Waals surface area contributed by atoms with E-state index in [1.165, 1.54) is 12.1 Å². The maximum Gasteiger partial charge on any atom is 0.272 e. The highest BCUT2D eigenvalue weighted by Gasteiger charge is 2.23. The SMILES string of the molecule is O=C(c1ccc(NCc2ccccn2)cn1)N1CCN(c2ccc(F)cc2)CC1. The van der Waals surface area contributed by atoms with Gasteiger partial charge in [-0.05, 0) is 48.5 Å². The molecular formula is C22H22FN5O. The van der Waals surface area contributed by atoms with Gasteiger partial charge in [0.25, 0.3) is 5.91 Å². The van der Waals surface area contributed by atoms with Crippen molar-refractivity contribution in [2.45, 2.75) is 6.54 Å². The molecule has 1 aromatic carbocycles. The van der Waals surface area contributed by atoms with E-state index < -0.39 is 0 Å². The number of carbonyl (C=O) groups is 1. The van der Waals surface area contributed by atoms with E-state index in [1.54, 1.807) is 30.6 Å². The third-order valence-electron chi connectivity index (χ3n) is 4.94. The minimum atomic E-state index is -0.244. The lowest BCUT2D eigenvalue weighted by atomic mass is 10.2. The van der Waals surface area contributed by atoms with Gasteiger partial charge in [0.05, 0.1) is 24.1 Å². The fraction of sp³-hybridized carbons (Fsp3) is 0.227. The number of carbonyl (C=O) groups excluding carboxylic acids is 1. The van der Waals surface area contributed by atoms with Crippen molar-refractivity contribution < 1.29 is 9.18 Å². The Morgan fingerprint density at radius 3 is 2.41 bits per heavy atom. The van der Waals surface area contributed by atoms with Gasteiger partial charge in [0, 0.05) is 38.1 Å². The van der Waals surface area contributed by atoms with Crippen molar-refractivity contribution in [3.63, 3.8) is 0 Å². The lowest BCUT2D eigenvalue weighted by Gasteiger charge is -2.36. The molecular weight excluding hydrogens is 369 g/mol. The molecule has 0 atom stereocenters. The molecule has 0 unspecified atom stereocenters. The van der Waals surface area contributed by atoms with Gasteiger partial charge in [0.2, 0.25) is 0 Å². The lowest BCUT2D eigenvalue weighted by Crippen LogP contribution is -2.49. The molecule has 148 valence electrons. The maximum atomic E-state index is 13.1. The quantitative estimate of drug-likeness (QED) is 0.724. The van der Waals surface area contributed by atoms with Crippen LogP contribution in [0.1, 0.15) is 16.2 Å². The van der Waals surface area contributed by atoms with Crippen molar-refractivity contribution in [1.29, 1.82) is 0 Å². The minimum Gasteiger partial charge on any atom is -0.378 e. The monoisotopic (exact) mass is 391 g/mol. The molecule has 4 rings (SSSR count). The molecule has 0 spiro atoms. The Bertz CT molecular complexity index is 939. The third kappa shape index (κ3) is 4.68. The van der Waals surface area contributed by atoms with E-state index in [-0.39, 0.29) is 11.7 Å². The van der Waals surface area contributed by atoms with Gasteiger partial charge in [-0.1, -0.05) is 6.07 Å². The van der Waals surface area contributed by atoms with Crippen LogP contribution < -0.4 is 10.2 Å². The number of nitrogens with one attached hydrogen (secondary N) is 1. The van der Waals surface area contributed by atoms with Crippen LogP contribution in [0.25, 0.3) is 0 Å².